The Morgan fingerprint density at radius 3 is 3.13 bits per heavy atom. The van der Waals surface area contributed by atoms with Crippen molar-refractivity contribution in [1.82, 2.24) is 4.98 Å². The lowest BCUT2D eigenvalue weighted by molar-refractivity contribution is 0.0524. The van der Waals surface area contributed by atoms with E-state index in [4.69, 9.17) is 9.15 Å². The number of nitrogens with one attached hydrogen (secondary N) is 1. The third-order valence-electron chi connectivity index (χ3n) is 5.82. The molecule has 2 aliphatic carbocycles. The van der Waals surface area contributed by atoms with Gasteiger partial charge in [0.25, 0.3) is 0 Å². The molecule has 0 amide bonds. The van der Waals surface area contributed by atoms with Gasteiger partial charge in [-0.05, 0) is 49.8 Å². The second kappa shape index (κ2) is 7.91. The number of nitrogens with zero attached hydrogens (tertiary/aromatic N) is 2. The number of carbonyl (C=O) groups is 1. The first-order valence-electron chi connectivity index (χ1n) is 10.5. The molecule has 3 atom stereocenters. The van der Waals surface area contributed by atoms with Crippen LogP contribution in [0.15, 0.2) is 52.0 Å². The first-order chi connectivity index (χ1) is 15.2. The molecule has 1 aliphatic heterocycles. The molecule has 0 saturated heterocycles. The Morgan fingerprint density at radius 2 is 2.32 bits per heavy atom. The number of pyridine rings is 1. The van der Waals surface area contributed by atoms with Crippen molar-refractivity contribution in [3.8, 4) is 5.75 Å². The summed E-state index contributed by atoms with van der Waals surface area (Å²) in [4.78, 5) is 21.1. The Labute approximate surface area is 179 Å². The van der Waals surface area contributed by atoms with Crippen molar-refractivity contribution in [3.63, 3.8) is 0 Å². The van der Waals surface area contributed by atoms with E-state index in [1.807, 2.05) is 12.1 Å². The number of aliphatic imine (C=N–C) groups is 1. The van der Waals surface area contributed by atoms with Crippen LogP contribution >= 0.6 is 0 Å². The quantitative estimate of drug-likeness (QED) is 0.659. The molecule has 2 N–H and O–H groups in total. The zero-order chi connectivity index (χ0) is 21.4. The number of aromatic hydroxyl groups is 1. The molecule has 0 bridgehead atoms. The van der Waals surface area contributed by atoms with Crippen molar-refractivity contribution in [3.05, 3.63) is 59.5 Å². The van der Waals surface area contributed by atoms with Crippen molar-refractivity contribution >= 4 is 35.5 Å². The van der Waals surface area contributed by atoms with E-state index < -0.39 is 5.97 Å². The summed E-state index contributed by atoms with van der Waals surface area (Å²) < 4.78 is 11.1. The summed E-state index contributed by atoms with van der Waals surface area (Å²) in [6, 6.07) is 3.90. The van der Waals surface area contributed by atoms with Crippen molar-refractivity contribution in [1.29, 1.82) is 0 Å². The Kier molecular flexibility index (Phi) is 4.94. The smallest absolute Gasteiger partial charge is 0.347 e. The zero-order valence-corrected chi connectivity index (χ0v) is 17.1. The van der Waals surface area contributed by atoms with Gasteiger partial charge in [0.2, 0.25) is 5.88 Å². The number of hydrogen-bond acceptors (Lipinski definition) is 7. The van der Waals surface area contributed by atoms with Gasteiger partial charge >= 0.3 is 5.97 Å². The summed E-state index contributed by atoms with van der Waals surface area (Å²) in [5.41, 5.74) is 1.61. The van der Waals surface area contributed by atoms with Gasteiger partial charge < -0.3 is 19.6 Å². The van der Waals surface area contributed by atoms with E-state index in [1.165, 1.54) is 0 Å². The molecule has 158 valence electrons. The lowest BCUT2D eigenvalue weighted by atomic mass is 9.95. The van der Waals surface area contributed by atoms with Crippen molar-refractivity contribution < 1.29 is 19.1 Å². The standard InChI is InChI=1S/C24H23N3O4/c1-2-30-24(29)20-21(28)19(11-15-13-26-22-16(15)9-6-10-25-22)31-23(20)27-18-12-17(18)14-7-4-3-5-8-14/h3-7,9-11,13-14,17-18,27-28H,2,8,12H2,1H3/t14?,17-,18+/m0/s1. The number of hydrogen-bond donors (Lipinski definition) is 2. The molecule has 7 nitrogen and oxygen atoms in total. The summed E-state index contributed by atoms with van der Waals surface area (Å²) in [6.45, 7) is 1.93. The predicted octanol–water partition coefficient (Wildman–Crippen LogP) is 4.75. The SMILES string of the molecule is CCOC(=O)c1c(N[C@@H]2C[C@H]2C2C=CC=CC2)oc(C=C2C=Nc3ncccc32)c1O. The number of aromatic nitrogens is 1. The van der Waals surface area contributed by atoms with Crippen molar-refractivity contribution in [2.24, 2.45) is 16.8 Å². The van der Waals surface area contributed by atoms with E-state index in [2.05, 4.69) is 39.6 Å². The molecule has 2 aromatic rings. The molecule has 0 aromatic carbocycles. The molecule has 3 aliphatic rings. The van der Waals surface area contributed by atoms with Crippen LogP contribution in [0.3, 0.4) is 0 Å². The largest absolute Gasteiger partial charge is 0.504 e. The van der Waals surface area contributed by atoms with Crippen LogP contribution < -0.4 is 5.32 Å². The number of esters is 1. The van der Waals surface area contributed by atoms with Crippen LogP contribution in [0.5, 0.6) is 5.75 Å². The topological polar surface area (TPSA) is 97.0 Å². The van der Waals surface area contributed by atoms with Gasteiger partial charge in [0.1, 0.15) is 0 Å². The molecule has 1 fully saturated rings. The van der Waals surface area contributed by atoms with Gasteiger partial charge in [-0.1, -0.05) is 24.3 Å². The third kappa shape index (κ3) is 3.67. The molecule has 5 rings (SSSR count). The molecule has 3 heterocycles. The minimum atomic E-state index is -0.615. The van der Waals surface area contributed by atoms with E-state index in [0.29, 0.717) is 17.7 Å². The highest BCUT2D eigenvalue weighted by molar-refractivity contribution is 6.21. The second-order valence-electron chi connectivity index (χ2n) is 7.83. The minimum absolute atomic E-state index is 0.0276. The maximum Gasteiger partial charge on any atom is 0.347 e. The number of furan rings is 1. The van der Waals surface area contributed by atoms with E-state index in [-0.39, 0.29) is 35.6 Å². The summed E-state index contributed by atoms with van der Waals surface area (Å²) in [5.74, 6) is 1.11. The minimum Gasteiger partial charge on any atom is -0.504 e. The van der Waals surface area contributed by atoms with Crippen molar-refractivity contribution in [2.45, 2.75) is 25.8 Å². The molecule has 7 heteroatoms. The van der Waals surface area contributed by atoms with Crippen LogP contribution in [0.2, 0.25) is 0 Å². The van der Waals surface area contributed by atoms with E-state index in [0.717, 1.165) is 24.0 Å². The van der Waals surface area contributed by atoms with Crippen LogP contribution in [0, 0.1) is 11.8 Å². The highest BCUT2D eigenvalue weighted by atomic mass is 16.5. The number of rotatable bonds is 6. The van der Waals surface area contributed by atoms with E-state index in [9.17, 15) is 9.90 Å². The lowest BCUT2D eigenvalue weighted by Gasteiger charge is -2.13. The molecule has 1 saturated carbocycles. The number of allylic oxidation sites excluding steroid dienone is 5. The van der Waals surface area contributed by atoms with Gasteiger partial charge in [0.05, 0.1) is 6.61 Å². The van der Waals surface area contributed by atoms with Gasteiger partial charge in [0, 0.05) is 29.6 Å². The summed E-state index contributed by atoms with van der Waals surface area (Å²) in [7, 11) is 0. The average Bonchev–Trinajstić information content (AvgIpc) is 3.33. The Hall–Kier alpha value is -3.61. The van der Waals surface area contributed by atoms with E-state index >= 15 is 0 Å². The molecular formula is C24H23N3O4. The molecule has 0 radical (unpaired) electrons. The van der Waals surface area contributed by atoms with Crippen LogP contribution in [-0.2, 0) is 4.74 Å². The maximum atomic E-state index is 12.6. The number of ether oxygens (including phenoxy) is 1. The van der Waals surface area contributed by atoms with Crippen LogP contribution in [-0.4, -0.2) is 34.9 Å². The zero-order valence-electron chi connectivity index (χ0n) is 17.1. The number of fused-ring (bicyclic) bond motifs is 1. The predicted molar refractivity (Wildman–Crippen MR) is 118 cm³/mol. The highest BCUT2D eigenvalue weighted by Gasteiger charge is 2.43. The fourth-order valence-electron chi connectivity index (χ4n) is 4.15. The fraction of sp³-hybridized carbons (Fsp3) is 0.292. The second-order valence-corrected chi connectivity index (χ2v) is 7.83. The monoisotopic (exact) mass is 417 g/mol. The first kappa shape index (κ1) is 19.4. The summed E-state index contributed by atoms with van der Waals surface area (Å²) in [6.07, 6.45) is 15.5. The number of anilines is 1. The summed E-state index contributed by atoms with van der Waals surface area (Å²) in [5, 5.41) is 14.1. The Morgan fingerprint density at radius 1 is 1.42 bits per heavy atom. The normalized spacial score (nSPS) is 24.4. The maximum absolute atomic E-state index is 12.6. The van der Waals surface area contributed by atoms with Crippen LogP contribution in [0.25, 0.3) is 11.6 Å². The lowest BCUT2D eigenvalue weighted by Crippen LogP contribution is -2.13. The number of carbonyl (C=O) groups excluding carboxylic acids is 1. The van der Waals surface area contributed by atoms with Gasteiger partial charge in [-0.2, -0.15) is 0 Å². The van der Waals surface area contributed by atoms with E-state index in [1.54, 1.807) is 25.4 Å². The Bertz CT molecular complexity index is 1140. The Balaban J connectivity index is 1.44. The average molecular weight is 417 g/mol. The van der Waals surface area contributed by atoms with Gasteiger partial charge in [-0.25, -0.2) is 14.8 Å². The summed E-state index contributed by atoms with van der Waals surface area (Å²) >= 11 is 0. The molecule has 2 aromatic heterocycles. The third-order valence-corrected chi connectivity index (χ3v) is 5.82. The van der Waals surface area contributed by atoms with Gasteiger partial charge in [0.15, 0.2) is 22.9 Å². The molecular weight excluding hydrogens is 394 g/mol. The fourth-order valence-corrected chi connectivity index (χ4v) is 4.15. The van der Waals surface area contributed by atoms with Crippen LogP contribution in [0.1, 0.15) is 41.4 Å². The van der Waals surface area contributed by atoms with Crippen molar-refractivity contribution in [2.75, 3.05) is 11.9 Å². The molecule has 0 spiro atoms. The van der Waals surface area contributed by atoms with Gasteiger partial charge in [-0.3, -0.25) is 0 Å². The van der Waals surface area contributed by atoms with Crippen LogP contribution in [0.4, 0.5) is 11.7 Å². The highest BCUT2D eigenvalue weighted by Crippen LogP contribution is 2.45. The molecule has 31 heavy (non-hydrogen) atoms. The first-order valence-corrected chi connectivity index (χ1v) is 10.5. The van der Waals surface area contributed by atoms with Gasteiger partial charge in [-0.15, -0.1) is 0 Å². The molecule has 1 unspecified atom stereocenters.